The number of hydrogen-bond acceptors (Lipinski definition) is 4. The average molecular weight is 296 g/mol. The van der Waals surface area contributed by atoms with Crippen LogP contribution in [0.5, 0.6) is 5.75 Å². The minimum Gasteiger partial charge on any atom is -0.490 e. The van der Waals surface area contributed by atoms with Gasteiger partial charge in [-0.3, -0.25) is 0 Å². The molecule has 21 heavy (non-hydrogen) atoms. The van der Waals surface area contributed by atoms with Crippen molar-refractivity contribution in [3.8, 4) is 5.75 Å². The Hall–Kier alpha value is -2.83. The highest BCUT2D eigenvalue weighted by Crippen LogP contribution is 2.18. The lowest BCUT2D eigenvalue weighted by molar-refractivity contribution is -0.134. The van der Waals surface area contributed by atoms with Crippen LogP contribution in [-0.2, 0) is 9.59 Å². The Morgan fingerprint density at radius 2 is 1.48 bits per heavy atom. The number of hydrogen-bond donors (Lipinski definition) is 3. The molecule has 0 saturated carbocycles. The van der Waals surface area contributed by atoms with Crippen molar-refractivity contribution in [1.29, 1.82) is 0 Å². The van der Waals surface area contributed by atoms with E-state index in [9.17, 15) is 14.4 Å². The predicted octanol–water partition coefficient (Wildman–Crippen LogP) is 1.88. The van der Waals surface area contributed by atoms with Gasteiger partial charge >= 0.3 is 17.9 Å². The lowest BCUT2D eigenvalue weighted by Gasteiger charge is -2.11. The van der Waals surface area contributed by atoms with E-state index in [1.54, 1.807) is 18.2 Å². The maximum Gasteiger partial charge on any atom is 0.339 e. The number of rotatable bonds is 5. The van der Waals surface area contributed by atoms with Gasteiger partial charge in [0.05, 0.1) is 6.10 Å². The third-order valence-corrected chi connectivity index (χ3v) is 1.85. The number of aliphatic carboxylic acids is 2. The van der Waals surface area contributed by atoms with Crippen molar-refractivity contribution in [3.05, 3.63) is 42.0 Å². The van der Waals surface area contributed by atoms with Gasteiger partial charge in [-0.2, -0.15) is 0 Å². The molecule has 7 heteroatoms. The molecule has 0 bridgehead atoms. The second-order valence-corrected chi connectivity index (χ2v) is 3.98. The van der Waals surface area contributed by atoms with E-state index < -0.39 is 17.9 Å². The molecule has 0 radical (unpaired) electrons. The van der Waals surface area contributed by atoms with Crippen LogP contribution in [0.15, 0.2) is 36.4 Å². The van der Waals surface area contributed by atoms with E-state index in [2.05, 4.69) is 0 Å². The monoisotopic (exact) mass is 296 g/mol. The van der Waals surface area contributed by atoms with Crippen molar-refractivity contribution in [1.82, 2.24) is 0 Å². The third-order valence-electron chi connectivity index (χ3n) is 1.85. The normalized spacial score (nSPS) is 9.86. The van der Waals surface area contributed by atoms with Crippen LogP contribution in [0.25, 0.3) is 0 Å². The molecule has 0 unspecified atom stereocenters. The molecule has 0 aliphatic carbocycles. The van der Waals surface area contributed by atoms with Gasteiger partial charge in [-0.1, -0.05) is 12.1 Å². The Kier molecular flexibility index (Phi) is 7.90. The van der Waals surface area contributed by atoms with E-state index in [-0.39, 0.29) is 11.7 Å². The van der Waals surface area contributed by atoms with Gasteiger partial charge in [-0.15, -0.1) is 0 Å². The predicted molar refractivity (Wildman–Crippen MR) is 73.6 cm³/mol. The van der Waals surface area contributed by atoms with Gasteiger partial charge in [0.15, 0.2) is 0 Å². The van der Waals surface area contributed by atoms with Crippen LogP contribution in [0.2, 0.25) is 0 Å². The quantitative estimate of drug-likeness (QED) is 0.709. The van der Waals surface area contributed by atoms with E-state index in [1.807, 2.05) is 13.8 Å². The molecule has 1 aromatic carbocycles. The molecule has 0 amide bonds. The molecule has 3 N–H and O–H groups in total. The van der Waals surface area contributed by atoms with Crippen LogP contribution in [0, 0.1) is 0 Å². The summed E-state index contributed by atoms with van der Waals surface area (Å²) in [5, 5.41) is 24.4. The molecule has 0 atom stereocenters. The molecule has 0 heterocycles. The molecular weight excluding hydrogens is 280 g/mol. The zero-order valence-corrected chi connectivity index (χ0v) is 11.5. The number of ether oxygens (including phenoxy) is 1. The van der Waals surface area contributed by atoms with Gasteiger partial charge in [0.25, 0.3) is 0 Å². The van der Waals surface area contributed by atoms with Crippen molar-refractivity contribution in [2.24, 2.45) is 0 Å². The summed E-state index contributed by atoms with van der Waals surface area (Å²) in [4.78, 5) is 29.8. The number of para-hydroxylation sites is 1. The maximum atomic E-state index is 10.7. The van der Waals surface area contributed by atoms with E-state index in [0.717, 1.165) is 0 Å². The SMILES string of the molecule is CC(C)Oc1ccccc1C(=O)O.O=C(O)/C=C/C(=O)O. The highest BCUT2D eigenvalue weighted by Gasteiger charge is 2.10. The molecule has 7 nitrogen and oxygen atoms in total. The Morgan fingerprint density at radius 3 is 1.86 bits per heavy atom. The largest absolute Gasteiger partial charge is 0.490 e. The lowest BCUT2D eigenvalue weighted by Crippen LogP contribution is -2.09. The molecule has 0 aliphatic heterocycles. The average Bonchev–Trinajstić information content (AvgIpc) is 2.36. The van der Waals surface area contributed by atoms with Crippen LogP contribution in [0.3, 0.4) is 0 Å². The van der Waals surface area contributed by atoms with Gasteiger partial charge in [0.1, 0.15) is 11.3 Å². The molecule has 1 aromatic rings. The second-order valence-electron chi connectivity index (χ2n) is 3.98. The molecule has 0 aliphatic rings. The Morgan fingerprint density at radius 1 is 1.00 bits per heavy atom. The van der Waals surface area contributed by atoms with Crippen LogP contribution in [-0.4, -0.2) is 39.3 Å². The lowest BCUT2D eigenvalue weighted by atomic mass is 10.2. The highest BCUT2D eigenvalue weighted by atomic mass is 16.5. The first-order valence-corrected chi connectivity index (χ1v) is 5.87. The minimum atomic E-state index is -1.26. The molecular formula is C14H16O7. The summed E-state index contributed by atoms with van der Waals surface area (Å²) in [5.74, 6) is -3.05. The summed E-state index contributed by atoms with van der Waals surface area (Å²) in [6.07, 6.45) is 1.10. The maximum absolute atomic E-state index is 10.7. The zero-order chi connectivity index (χ0) is 16.4. The second kappa shape index (κ2) is 9.13. The number of carboxylic acid groups (broad SMARTS) is 3. The first-order chi connectivity index (χ1) is 9.73. The molecule has 0 aromatic heterocycles. The summed E-state index contributed by atoms with van der Waals surface area (Å²) < 4.78 is 5.33. The first kappa shape index (κ1) is 18.2. The van der Waals surface area contributed by atoms with Gasteiger partial charge in [-0.05, 0) is 26.0 Å². The van der Waals surface area contributed by atoms with Gasteiger partial charge in [0.2, 0.25) is 0 Å². The van der Waals surface area contributed by atoms with Gasteiger partial charge in [-0.25, -0.2) is 14.4 Å². The zero-order valence-electron chi connectivity index (χ0n) is 11.5. The topological polar surface area (TPSA) is 121 Å². The molecule has 0 spiro atoms. The van der Waals surface area contributed by atoms with Crippen molar-refractivity contribution >= 4 is 17.9 Å². The van der Waals surface area contributed by atoms with Crippen LogP contribution < -0.4 is 4.74 Å². The first-order valence-electron chi connectivity index (χ1n) is 5.87. The summed E-state index contributed by atoms with van der Waals surface area (Å²) >= 11 is 0. The van der Waals surface area contributed by atoms with E-state index in [1.165, 1.54) is 6.07 Å². The minimum absolute atomic E-state index is 0.0134. The molecule has 0 fully saturated rings. The van der Waals surface area contributed by atoms with Crippen molar-refractivity contribution in [2.45, 2.75) is 20.0 Å². The standard InChI is InChI=1S/C10H12O3.C4H4O4/c1-7(2)13-9-6-4-3-5-8(9)10(11)12;5-3(6)1-2-4(7)8/h3-7H,1-2H3,(H,11,12);1-2H,(H,5,6)(H,7,8)/b;2-1+. The van der Waals surface area contributed by atoms with Gasteiger partial charge in [0, 0.05) is 12.2 Å². The summed E-state index contributed by atoms with van der Waals surface area (Å²) in [7, 11) is 0. The van der Waals surface area contributed by atoms with Crippen LogP contribution in [0.4, 0.5) is 0 Å². The Balaban J connectivity index is 0.000000433. The van der Waals surface area contributed by atoms with Crippen molar-refractivity contribution in [2.75, 3.05) is 0 Å². The van der Waals surface area contributed by atoms with Crippen LogP contribution >= 0.6 is 0 Å². The highest BCUT2D eigenvalue weighted by molar-refractivity contribution is 5.90. The van der Waals surface area contributed by atoms with Crippen molar-refractivity contribution in [3.63, 3.8) is 0 Å². The number of benzene rings is 1. The fraction of sp³-hybridized carbons (Fsp3) is 0.214. The number of carboxylic acids is 3. The third kappa shape index (κ3) is 8.82. The Labute approximate surface area is 121 Å². The van der Waals surface area contributed by atoms with E-state index >= 15 is 0 Å². The summed E-state index contributed by atoms with van der Waals surface area (Å²) in [6.45, 7) is 3.72. The van der Waals surface area contributed by atoms with Crippen molar-refractivity contribution < 1.29 is 34.4 Å². The number of carbonyl (C=O) groups is 3. The number of aromatic carboxylic acids is 1. The smallest absolute Gasteiger partial charge is 0.339 e. The summed E-state index contributed by atoms with van der Waals surface area (Å²) in [6, 6.07) is 6.62. The molecule has 1 rings (SSSR count). The van der Waals surface area contributed by atoms with Gasteiger partial charge < -0.3 is 20.1 Å². The molecule has 0 saturated heterocycles. The van der Waals surface area contributed by atoms with Crippen LogP contribution in [0.1, 0.15) is 24.2 Å². The Bertz CT molecular complexity index is 516. The fourth-order valence-corrected chi connectivity index (χ4v) is 1.14. The van der Waals surface area contributed by atoms with E-state index in [0.29, 0.717) is 17.9 Å². The molecule has 114 valence electrons. The van der Waals surface area contributed by atoms with E-state index in [4.69, 9.17) is 20.1 Å². The summed E-state index contributed by atoms with van der Waals surface area (Å²) in [5.41, 5.74) is 0.205. The fourth-order valence-electron chi connectivity index (χ4n) is 1.14.